The average molecular weight is 1010 g/mol. The summed E-state index contributed by atoms with van der Waals surface area (Å²) in [6.07, 6.45) is 15.3. The quantitative estimate of drug-likeness (QED) is 0.0868. The summed E-state index contributed by atoms with van der Waals surface area (Å²) in [7, 11) is 5.94. The number of ether oxygens (including phenoxy) is 4. The first-order chi connectivity index (χ1) is 34.6. The SMILES string of the molecule is C=C(C)[C@@H]1CC[C@]2(C(=O)N3C[C@H](OCCOC)C[C@H]3c3nc(-c4ccccc4)cn3CCN(C)C)CC[C@]3(C)[C@H](CC[C@@H]4[C@@]5(C)CC[C@H](OC(=O)[C@H]6C[C@@H](C(=O)OCCCC)C6(C)C)C(C)(C)[C@@H]5CC[C@]43C)[C@@H]12. The van der Waals surface area contributed by atoms with E-state index < -0.39 is 10.8 Å². The number of likely N-dealkylation sites (tertiary alicyclic amines) is 1. The van der Waals surface area contributed by atoms with Gasteiger partial charge in [0, 0.05) is 50.3 Å². The molecule has 7 fully saturated rings. The third kappa shape index (κ3) is 9.08. The number of rotatable bonds is 17. The number of imidazole rings is 1. The van der Waals surface area contributed by atoms with Crippen molar-refractivity contribution < 1.29 is 33.3 Å². The van der Waals surface area contributed by atoms with Crippen LogP contribution >= 0.6 is 0 Å². The number of benzene rings is 1. The largest absolute Gasteiger partial charge is 0.465 e. The van der Waals surface area contributed by atoms with Gasteiger partial charge in [0.2, 0.25) is 5.91 Å². The highest BCUT2D eigenvalue weighted by atomic mass is 16.5. The standard InChI is InChI=1S/C62H94N4O7/c1-14-15-33-72-54(67)45-37-46(57(45,4)5)55(68)73-51-25-26-59(8)49(58(51,6)7)24-27-61(10)50(59)22-21-44-52-43(40(2)3)23-28-62(52,30-29-60(44,61)9)56(69)66-38-42(71-35-34-70-13)36-48(66)53-63-47(41-19-17-16-18-20-41)39-65(53)32-31-64(11)12/h16-20,39,42-46,48-52H,2,14-15,21-38H2,1,3-13H3/t42-,43+,44-,45+,46-,48+,49+,50-,51+,52-,59+,60-,61-,62+/m1/s1. The highest BCUT2D eigenvalue weighted by Crippen LogP contribution is 2.78. The monoisotopic (exact) mass is 1010 g/mol. The van der Waals surface area contributed by atoms with Crippen molar-refractivity contribution in [1.82, 2.24) is 19.4 Å². The van der Waals surface area contributed by atoms with E-state index in [1.54, 1.807) is 7.11 Å². The Morgan fingerprint density at radius 2 is 1.55 bits per heavy atom. The maximum absolute atomic E-state index is 16.4. The zero-order chi connectivity index (χ0) is 52.5. The van der Waals surface area contributed by atoms with Gasteiger partial charge in [-0.1, -0.05) is 104 Å². The highest BCUT2D eigenvalue weighted by molar-refractivity contribution is 5.85. The summed E-state index contributed by atoms with van der Waals surface area (Å²) in [6, 6.07) is 10.2. The molecule has 1 aliphatic heterocycles. The summed E-state index contributed by atoms with van der Waals surface area (Å²) in [5.74, 6) is 2.27. The maximum atomic E-state index is 16.4. The molecule has 11 heteroatoms. The minimum absolute atomic E-state index is 0.0527. The van der Waals surface area contributed by atoms with Gasteiger partial charge in [0.05, 0.1) is 54.9 Å². The maximum Gasteiger partial charge on any atom is 0.309 e. The first-order valence-electron chi connectivity index (χ1n) is 28.8. The molecule has 73 heavy (non-hydrogen) atoms. The molecule has 0 bridgehead atoms. The van der Waals surface area contributed by atoms with Crippen molar-refractivity contribution in [3.63, 3.8) is 0 Å². The van der Waals surface area contributed by atoms with E-state index in [0.29, 0.717) is 68.8 Å². The molecule has 404 valence electrons. The van der Waals surface area contributed by atoms with E-state index in [-0.39, 0.29) is 69.6 Å². The second-order valence-corrected chi connectivity index (χ2v) is 26.9. The van der Waals surface area contributed by atoms with Gasteiger partial charge in [-0.25, -0.2) is 4.98 Å². The van der Waals surface area contributed by atoms with Crippen LogP contribution in [0.25, 0.3) is 11.3 Å². The molecule has 1 aromatic heterocycles. The zero-order valence-electron chi connectivity index (χ0n) is 47.2. The molecular formula is C62H94N4O7. The van der Waals surface area contributed by atoms with E-state index in [9.17, 15) is 9.59 Å². The van der Waals surface area contributed by atoms with Crippen molar-refractivity contribution >= 4 is 17.8 Å². The molecule has 0 unspecified atom stereocenters. The molecule has 0 N–H and O–H groups in total. The van der Waals surface area contributed by atoms with Gasteiger partial charge in [-0.2, -0.15) is 0 Å². The summed E-state index contributed by atoms with van der Waals surface area (Å²) in [5, 5.41) is 0. The molecule has 7 aliphatic rings. The number of hydrogen-bond acceptors (Lipinski definition) is 9. The Morgan fingerprint density at radius 3 is 2.23 bits per heavy atom. The first kappa shape index (κ1) is 54.3. The van der Waals surface area contributed by atoms with Crippen molar-refractivity contribution in [3.8, 4) is 11.3 Å². The van der Waals surface area contributed by atoms with Crippen molar-refractivity contribution in [2.75, 3.05) is 54.1 Å². The second kappa shape index (κ2) is 20.4. The molecule has 1 aromatic carbocycles. The molecule has 6 aliphatic carbocycles. The summed E-state index contributed by atoms with van der Waals surface area (Å²) < 4.78 is 26.6. The third-order valence-corrected chi connectivity index (χ3v) is 22.4. The molecule has 0 radical (unpaired) electrons. The number of hydrogen-bond donors (Lipinski definition) is 0. The molecule has 2 aromatic rings. The van der Waals surface area contributed by atoms with E-state index in [0.717, 1.165) is 107 Å². The molecule has 1 saturated heterocycles. The van der Waals surface area contributed by atoms with Crippen LogP contribution in [0.1, 0.15) is 164 Å². The summed E-state index contributed by atoms with van der Waals surface area (Å²) in [6.45, 7) is 29.5. The number of aromatic nitrogens is 2. The summed E-state index contributed by atoms with van der Waals surface area (Å²) >= 11 is 0. The van der Waals surface area contributed by atoms with Crippen LogP contribution in [0.3, 0.4) is 0 Å². The van der Waals surface area contributed by atoms with Crippen molar-refractivity contribution in [3.05, 3.63) is 54.5 Å². The Balaban J connectivity index is 0.974. The van der Waals surface area contributed by atoms with Gasteiger partial charge in [0.1, 0.15) is 11.9 Å². The van der Waals surface area contributed by atoms with Crippen LogP contribution in [-0.4, -0.2) is 104 Å². The fraction of sp³-hybridized carbons (Fsp3) is 0.774. The van der Waals surface area contributed by atoms with E-state index in [2.05, 4.69) is 107 Å². The van der Waals surface area contributed by atoms with Gasteiger partial charge in [0.15, 0.2) is 0 Å². The molecular weight excluding hydrogens is 913 g/mol. The van der Waals surface area contributed by atoms with Crippen LogP contribution in [0.15, 0.2) is 48.7 Å². The molecule has 9 rings (SSSR count). The Hall–Kier alpha value is -3.54. The third-order valence-electron chi connectivity index (χ3n) is 22.4. The van der Waals surface area contributed by atoms with E-state index in [4.69, 9.17) is 30.5 Å². The Bertz CT molecular complexity index is 2340. The zero-order valence-corrected chi connectivity index (χ0v) is 47.2. The van der Waals surface area contributed by atoms with Crippen LogP contribution in [0.4, 0.5) is 0 Å². The van der Waals surface area contributed by atoms with Crippen LogP contribution in [0.2, 0.25) is 0 Å². The lowest BCUT2D eigenvalue weighted by Gasteiger charge is -2.73. The average Bonchev–Trinajstić information content (AvgIpc) is 4.08. The fourth-order valence-corrected chi connectivity index (χ4v) is 18.0. The normalized spacial score (nSPS) is 38.1. The molecule has 0 spiro atoms. The van der Waals surface area contributed by atoms with Crippen LogP contribution in [-0.2, 0) is 39.9 Å². The van der Waals surface area contributed by atoms with E-state index in [1.165, 1.54) is 5.57 Å². The lowest BCUT2D eigenvalue weighted by atomic mass is 9.32. The molecule has 14 atom stereocenters. The van der Waals surface area contributed by atoms with Gasteiger partial charge in [-0.3, -0.25) is 14.4 Å². The Morgan fingerprint density at radius 1 is 0.808 bits per heavy atom. The lowest BCUT2D eigenvalue weighted by molar-refractivity contribution is -0.251. The van der Waals surface area contributed by atoms with Gasteiger partial charge < -0.3 is 33.3 Å². The number of esters is 2. The number of unbranched alkanes of at least 4 members (excludes halogenated alkanes) is 1. The second-order valence-electron chi connectivity index (χ2n) is 26.9. The number of amides is 1. The number of fused-ring (bicyclic) bond motifs is 7. The number of allylic oxidation sites excluding steroid dienone is 1. The number of carbonyl (C=O) groups is 3. The minimum Gasteiger partial charge on any atom is -0.465 e. The topological polar surface area (TPSA) is 112 Å². The molecule has 6 saturated carbocycles. The summed E-state index contributed by atoms with van der Waals surface area (Å²) in [5.41, 5.74) is 2.34. The van der Waals surface area contributed by atoms with Crippen LogP contribution in [0.5, 0.6) is 0 Å². The smallest absolute Gasteiger partial charge is 0.309 e. The molecule has 11 nitrogen and oxygen atoms in total. The number of carbonyl (C=O) groups excluding carboxylic acids is 3. The Kier molecular flexibility index (Phi) is 15.2. The van der Waals surface area contributed by atoms with Crippen molar-refractivity contribution in [2.45, 2.75) is 177 Å². The number of likely N-dealkylation sites (N-methyl/N-ethyl adjacent to an activating group) is 1. The fourth-order valence-electron chi connectivity index (χ4n) is 18.0. The predicted molar refractivity (Wildman–Crippen MR) is 287 cm³/mol. The molecule has 2 heterocycles. The first-order valence-corrected chi connectivity index (χ1v) is 28.8. The highest BCUT2D eigenvalue weighted by Gasteiger charge is 2.73. The lowest BCUT2D eigenvalue weighted by Crippen LogP contribution is -2.67. The molecule has 1 amide bonds. The number of methoxy groups -OCH3 is 1. The van der Waals surface area contributed by atoms with E-state index in [1.807, 2.05) is 19.9 Å². The van der Waals surface area contributed by atoms with Crippen molar-refractivity contribution in [1.29, 1.82) is 0 Å². The van der Waals surface area contributed by atoms with Crippen molar-refractivity contribution in [2.24, 2.45) is 73.9 Å². The van der Waals surface area contributed by atoms with E-state index >= 15 is 4.79 Å². The number of nitrogens with zero attached hydrogens (tertiary/aromatic N) is 4. The summed E-state index contributed by atoms with van der Waals surface area (Å²) in [4.78, 5) is 53.4. The van der Waals surface area contributed by atoms with Gasteiger partial charge in [0.25, 0.3) is 0 Å². The van der Waals surface area contributed by atoms with Gasteiger partial charge >= 0.3 is 11.9 Å². The van der Waals surface area contributed by atoms with Crippen LogP contribution in [0, 0.1) is 73.9 Å². The van der Waals surface area contributed by atoms with Gasteiger partial charge in [-0.05, 0) is 149 Å². The Labute approximate surface area is 439 Å². The predicted octanol–water partition coefficient (Wildman–Crippen LogP) is 12.0. The van der Waals surface area contributed by atoms with Gasteiger partial charge in [-0.15, -0.1) is 0 Å². The van der Waals surface area contributed by atoms with Crippen LogP contribution < -0.4 is 0 Å². The minimum atomic E-state index is -0.488.